The van der Waals surface area contributed by atoms with Crippen LogP contribution in [0.1, 0.15) is 24.2 Å². The van der Waals surface area contributed by atoms with Gasteiger partial charge in [-0.05, 0) is 49.4 Å². The van der Waals surface area contributed by atoms with Crippen molar-refractivity contribution in [1.82, 2.24) is 0 Å². The van der Waals surface area contributed by atoms with Gasteiger partial charge in [0, 0.05) is 28.3 Å². The molecule has 6 nitrogen and oxygen atoms in total. The third-order valence-corrected chi connectivity index (χ3v) is 3.66. The minimum absolute atomic E-state index is 0.216. The van der Waals surface area contributed by atoms with E-state index in [1.807, 2.05) is 0 Å². The Morgan fingerprint density at radius 1 is 0.923 bits per heavy atom. The van der Waals surface area contributed by atoms with Gasteiger partial charge in [-0.1, -0.05) is 23.2 Å². The van der Waals surface area contributed by atoms with Gasteiger partial charge in [0.25, 0.3) is 5.91 Å². The van der Waals surface area contributed by atoms with Crippen molar-refractivity contribution in [2.24, 2.45) is 0 Å². The van der Waals surface area contributed by atoms with E-state index in [1.165, 1.54) is 44.2 Å². The molecule has 2 N–H and O–H groups in total. The molecule has 0 heterocycles. The molecule has 2 aromatic rings. The van der Waals surface area contributed by atoms with Crippen LogP contribution in [-0.4, -0.2) is 23.9 Å². The Balaban J connectivity index is 1.97. The fourth-order valence-electron chi connectivity index (χ4n) is 2.04. The molecule has 0 saturated heterocycles. The average molecular weight is 395 g/mol. The molecule has 0 saturated carbocycles. The van der Waals surface area contributed by atoms with Gasteiger partial charge in [0.15, 0.2) is 6.10 Å². The molecule has 2 aromatic carbocycles. The minimum atomic E-state index is -1.03. The van der Waals surface area contributed by atoms with Gasteiger partial charge in [-0.15, -0.1) is 0 Å². The van der Waals surface area contributed by atoms with Gasteiger partial charge in [0.05, 0.1) is 5.56 Å². The van der Waals surface area contributed by atoms with Crippen LogP contribution in [0.5, 0.6) is 0 Å². The minimum Gasteiger partial charge on any atom is -0.449 e. The monoisotopic (exact) mass is 394 g/mol. The molecule has 0 aromatic heterocycles. The summed E-state index contributed by atoms with van der Waals surface area (Å²) in [5, 5.41) is 5.91. The summed E-state index contributed by atoms with van der Waals surface area (Å²) in [6, 6.07) is 10.7. The Hall–Kier alpha value is -2.57. The lowest BCUT2D eigenvalue weighted by Gasteiger charge is -2.14. The van der Waals surface area contributed by atoms with Crippen molar-refractivity contribution in [1.29, 1.82) is 0 Å². The standard InChI is InChI=1S/C18H16Cl2N2O4/c1-10(17(24)22-16-8-13(19)7-14(20)9-16)26-18(25)12-3-5-15(6-4-12)21-11(2)23/h3-10H,1-2H3,(H,21,23)(H,22,24)/t10-/m0/s1. The lowest BCUT2D eigenvalue weighted by atomic mass is 10.2. The van der Waals surface area contributed by atoms with Crippen LogP contribution in [0.3, 0.4) is 0 Å². The molecule has 0 unspecified atom stereocenters. The van der Waals surface area contributed by atoms with Crippen molar-refractivity contribution >= 4 is 52.4 Å². The molecule has 8 heteroatoms. The number of anilines is 2. The van der Waals surface area contributed by atoms with Crippen molar-refractivity contribution in [3.63, 3.8) is 0 Å². The Morgan fingerprint density at radius 2 is 1.50 bits per heavy atom. The molecule has 0 spiro atoms. The lowest BCUT2D eigenvalue weighted by Crippen LogP contribution is -2.30. The number of esters is 1. The number of rotatable bonds is 5. The van der Waals surface area contributed by atoms with E-state index >= 15 is 0 Å². The number of ether oxygens (including phenoxy) is 1. The Bertz CT molecular complexity index is 817. The van der Waals surface area contributed by atoms with Crippen molar-refractivity contribution in [2.75, 3.05) is 10.6 Å². The first kappa shape index (κ1) is 19.8. The highest BCUT2D eigenvalue weighted by molar-refractivity contribution is 6.35. The van der Waals surface area contributed by atoms with Crippen LogP contribution in [0, 0.1) is 0 Å². The number of halogens is 2. The second-order valence-electron chi connectivity index (χ2n) is 5.45. The normalized spacial score (nSPS) is 11.4. The molecule has 0 radical (unpaired) electrons. The number of amides is 2. The van der Waals surface area contributed by atoms with Gasteiger partial charge in [-0.3, -0.25) is 9.59 Å². The van der Waals surface area contributed by atoms with Crippen molar-refractivity contribution in [3.8, 4) is 0 Å². The average Bonchev–Trinajstić information content (AvgIpc) is 2.53. The summed E-state index contributed by atoms with van der Waals surface area (Å²) in [7, 11) is 0. The molecule has 0 fully saturated rings. The maximum Gasteiger partial charge on any atom is 0.338 e. The summed E-state index contributed by atoms with van der Waals surface area (Å²) in [6.45, 7) is 2.83. The van der Waals surface area contributed by atoms with Crippen LogP contribution in [0.4, 0.5) is 11.4 Å². The molecule has 2 rings (SSSR count). The molecule has 0 aliphatic carbocycles. The molecule has 0 aliphatic heterocycles. The predicted octanol–water partition coefficient (Wildman–Crippen LogP) is 4.14. The molecule has 1 atom stereocenters. The van der Waals surface area contributed by atoms with Crippen LogP contribution >= 0.6 is 23.2 Å². The Labute approximate surface area is 160 Å². The van der Waals surface area contributed by atoms with Gasteiger partial charge in [0.1, 0.15) is 0 Å². The van der Waals surface area contributed by atoms with E-state index in [-0.39, 0.29) is 11.5 Å². The number of hydrogen-bond donors (Lipinski definition) is 2. The highest BCUT2D eigenvalue weighted by Crippen LogP contribution is 2.22. The number of nitrogens with one attached hydrogen (secondary N) is 2. The zero-order valence-electron chi connectivity index (χ0n) is 14.0. The van der Waals surface area contributed by atoms with Crippen molar-refractivity contribution in [2.45, 2.75) is 20.0 Å². The summed E-state index contributed by atoms with van der Waals surface area (Å²) in [6.07, 6.45) is -1.03. The highest BCUT2D eigenvalue weighted by Gasteiger charge is 2.19. The zero-order chi connectivity index (χ0) is 19.3. The fourth-order valence-corrected chi connectivity index (χ4v) is 2.57. The van der Waals surface area contributed by atoms with Crippen LogP contribution in [0.25, 0.3) is 0 Å². The first-order valence-corrected chi connectivity index (χ1v) is 8.36. The van der Waals surface area contributed by atoms with Crippen LogP contribution < -0.4 is 10.6 Å². The Morgan fingerprint density at radius 3 is 2.04 bits per heavy atom. The Kier molecular flexibility index (Phi) is 6.60. The third-order valence-electron chi connectivity index (χ3n) is 3.22. The first-order chi connectivity index (χ1) is 12.2. The summed E-state index contributed by atoms with van der Waals surface area (Å²) >= 11 is 11.7. The second kappa shape index (κ2) is 8.69. The summed E-state index contributed by atoms with van der Waals surface area (Å²) in [4.78, 5) is 35.3. The zero-order valence-corrected chi connectivity index (χ0v) is 15.5. The smallest absolute Gasteiger partial charge is 0.338 e. The predicted molar refractivity (Wildman–Crippen MR) is 101 cm³/mol. The quantitative estimate of drug-likeness (QED) is 0.746. The van der Waals surface area contributed by atoms with E-state index in [0.717, 1.165) is 0 Å². The van der Waals surface area contributed by atoms with E-state index in [1.54, 1.807) is 12.1 Å². The third kappa shape index (κ3) is 5.75. The summed E-state index contributed by atoms with van der Waals surface area (Å²) in [5.74, 6) is -1.40. The fraction of sp³-hybridized carbons (Fsp3) is 0.167. The van der Waals surface area contributed by atoms with Gasteiger partial charge in [0.2, 0.25) is 5.91 Å². The van der Waals surface area contributed by atoms with E-state index in [2.05, 4.69) is 10.6 Å². The largest absolute Gasteiger partial charge is 0.449 e. The van der Waals surface area contributed by atoms with E-state index in [9.17, 15) is 14.4 Å². The number of hydrogen-bond acceptors (Lipinski definition) is 4. The molecule has 0 bridgehead atoms. The van der Waals surface area contributed by atoms with Gasteiger partial charge < -0.3 is 15.4 Å². The first-order valence-electron chi connectivity index (χ1n) is 7.60. The number of carbonyl (C=O) groups excluding carboxylic acids is 3. The van der Waals surface area contributed by atoms with Gasteiger partial charge >= 0.3 is 5.97 Å². The van der Waals surface area contributed by atoms with Crippen LogP contribution in [0.2, 0.25) is 10.0 Å². The summed E-state index contributed by atoms with van der Waals surface area (Å²) in [5.41, 5.74) is 1.21. The maximum atomic E-state index is 12.2. The molecular weight excluding hydrogens is 379 g/mol. The van der Waals surface area contributed by atoms with Gasteiger partial charge in [-0.2, -0.15) is 0 Å². The SMILES string of the molecule is CC(=O)Nc1ccc(C(=O)O[C@@H](C)C(=O)Nc2cc(Cl)cc(Cl)c2)cc1. The van der Waals surface area contributed by atoms with Crippen molar-refractivity contribution < 1.29 is 19.1 Å². The van der Waals surface area contributed by atoms with Gasteiger partial charge in [-0.25, -0.2) is 4.79 Å². The van der Waals surface area contributed by atoms with Crippen molar-refractivity contribution in [3.05, 3.63) is 58.1 Å². The lowest BCUT2D eigenvalue weighted by molar-refractivity contribution is -0.123. The van der Waals surface area contributed by atoms with E-state index < -0.39 is 18.0 Å². The summed E-state index contributed by atoms with van der Waals surface area (Å²) < 4.78 is 5.15. The maximum absolute atomic E-state index is 12.2. The topological polar surface area (TPSA) is 84.5 Å². The van der Waals surface area contributed by atoms with Crippen LogP contribution in [0.15, 0.2) is 42.5 Å². The van der Waals surface area contributed by atoms with Crippen LogP contribution in [-0.2, 0) is 14.3 Å². The number of carbonyl (C=O) groups is 3. The molecule has 0 aliphatic rings. The molecular formula is C18H16Cl2N2O4. The highest BCUT2D eigenvalue weighted by atomic mass is 35.5. The molecule has 136 valence electrons. The molecule has 26 heavy (non-hydrogen) atoms. The van der Waals surface area contributed by atoms with E-state index in [4.69, 9.17) is 27.9 Å². The molecule has 2 amide bonds. The number of benzene rings is 2. The van der Waals surface area contributed by atoms with E-state index in [0.29, 0.717) is 21.4 Å². The second-order valence-corrected chi connectivity index (χ2v) is 6.33.